The van der Waals surface area contributed by atoms with Gasteiger partial charge in [0.05, 0.1) is 29.7 Å². The highest BCUT2D eigenvalue weighted by molar-refractivity contribution is 7.16. The molecule has 0 saturated carbocycles. The number of aryl methyl sites for hydroxylation is 2. The van der Waals surface area contributed by atoms with Crippen LogP contribution in [0.25, 0.3) is 10.8 Å². The summed E-state index contributed by atoms with van der Waals surface area (Å²) >= 11 is 2.88. The van der Waals surface area contributed by atoms with E-state index in [0.717, 1.165) is 15.3 Å². The van der Waals surface area contributed by atoms with Crippen molar-refractivity contribution in [1.82, 2.24) is 4.98 Å². The van der Waals surface area contributed by atoms with Crippen LogP contribution in [0.15, 0.2) is 21.9 Å². The quantitative estimate of drug-likeness (QED) is 0.655. The van der Waals surface area contributed by atoms with Crippen LogP contribution in [-0.2, 0) is 16.0 Å². The van der Waals surface area contributed by atoms with Gasteiger partial charge in [-0.25, -0.2) is 9.78 Å². The van der Waals surface area contributed by atoms with E-state index in [2.05, 4.69) is 10.3 Å². The first kappa shape index (κ1) is 18.3. The first-order chi connectivity index (χ1) is 12.4. The molecule has 3 heterocycles. The molecule has 0 fully saturated rings. The molecule has 3 aromatic heterocycles. The van der Waals surface area contributed by atoms with Crippen molar-refractivity contribution in [3.8, 4) is 10.8 Å². The molecule has 0 bridgehead atoms. The molecule has 0 unspecified atom stereocenters. The Morgan fingerprint density at radius 1 is 1.31 bits per heavy atom. The predicted molar refractivity (Wildman–Crippen MR) is 102 cm³/mol. The van der Waals surface area contributed by atoms with Crippen LogP contribution in [-0.4, -0.2) is 24.0 Å². The van der Waals surface area contributed by atoms with E-state index in [1.807, 2.05) is 31.4 Å². The van der Waals surface area contributed by atoms with E-state index in [1.165, 1.54) is 29.8 Å². The average Bonchev–Trinajstić information content (AvgIpc) is 3.30. The molecule has 0 aliphatic carbocycles. The SMILES string of the molecule is COC(=O)c1c(NC(=O)Cc2nc(-c3cccs3)oc2C)sc(C)c1C. The number of oxazole rings is 1. The second-order valence-electron chi connectivity index (χ2n) is 5.70. The molecule has 0 aromatic carbocycles. The highest BCUT2D eigenvalue weighted by atomic mass is 32.1. The largest absolute Gasteiger partial charge is 0.465 e. The first-order valence-corrected chi connectivity index (χ1v) is 9.58. The highest BCUT2D eigenvalue weighted by Crippen LogP contribution is 2.33. The molecule has 0 radical (unpaired) electrons. The molecule has 1 N–H and O–H groups in total. The summed E-state index contributed by atoms with van der Waals surface area (Å²) in [7, 11) is 1.32. The maximum Gasteiger partial charge on any atom is 0.341 e. The fourth-order valence-corrected chi connectivity index (χ4v) is 4.20. The summed E-state index contributed by atoms with van der Waals surface area (Å²) in [6.45, 7) is 5.52. The fraction of sp³-hybridized carbons (Fsp3) is 0.278. The molecule has 1 amide bonds. The lowest BCUT2D eigenvalue weighted by molar-refractivity contribution is -0.115. The van der Waals surface area contributed by atoms with Crippen molar-refractivity contribution in [3.05, 3.63) is 45.0 Å². The van der Waals surface area contributed by atoms with E-state index in [1.54, 1.807) is 6.92 Å². The zero-order chi connectivity index (χ0) is 18.8. The zero-order valence-electron chi connectivity index (χ0n) is 14.8. The van der Waals surface area contributed by atoms with Gasteiger partial charge in [0.2, 0.25) is 11.8 Å². The number of hydrogen-bond donors (Lipinski definition) is 1. The maximum absolute atomic E-state index is 12.5. The third-order valence-corrected chi connectivity index (χ3v) is 5.96. The molecule has 6 nitrogen and oxygen atoms in total. The number of aromatic nitrogens is 1. The molecule has 3 rings (SSSR count). The Balaban J connectivity index is 1.78. The van der Waals surface area contributed by atoms with Crippen molar-refractivity contribution < 1.29 is 18.7 Å². The minimum Gasteiger partial charge on any atom is -0.465 e. The Morgan fingerprint density at radius 2 is 2.08 bits per heavy atom. The topological polar surface area (TPSA) is 81.4 Å². The molecule has 0 spiro atoms. The Hall–Kier alpha value is -2.45. The summed E-state index contributed by atoms with van der Waals surface area (Å²) in [4.78, 5) is 30.8. The molecule has 0 saturated heterocycles. The summed E-state index contributed by atoms with van der Waals surface area (Å²) < 4.78 is 10.5. The number of esters is 1. The second-order valence-corrected chi connectivity index (χ2v) is 7.88. The van der Waals surface area contributed by atoms with E-state index < -0.39 is 5.97 Å². The number of carbonyl (C=O) groups excluding carboxylic acids is 2. The fourth-order valence-electron chi connectivity index (χ4n) is 2.48. The van der Waals surface area contributed by atoms with Crippen LogP contribution < -0.4 is 5.32 Å². The van der Waals surface area contributed by atoms with E-state index in [-0.39, 0.29) is 12.3 Å². The van der Waals surface area contributed by atoms with Crippen LogP contribution >= 0.6 is 22.7 Å². The summed E-state index contributed by atoms with van der Waals surface area (Å²) in [5, 5.41) is 5.25. The normalized spacial score (nSPS) is 10.8. The summed E-state index contributed by atoms with van der Waals surface area (Å²) in [6.07, 6.45) is 0.0668. The van der Waals surface area contributed by atoms with Crippen molar-refractivity contribution in [2.24, 2.45) is 0 Å². The third kappa shape index (κ3) is 3.56. The van der Waals surface area contributed by atoms with Crippen molar-refractivity contribution in [1.29, 1.82) is 0 Å². The number of ether oxygens (including phenoxy) is 1. The van der Waals surface area contributed by atoms with Gasteiger partial charge in [-0.2, -0.15) is 0 Å². The summed E-state index contributed by atoms with van der Waals surface area (Å²) in [5.74, 6) is 0.402. The number of nitrogens with zero attached hydrogens (tertiary/aromatic N) is 1. The number of thiophene rings is 2. The maximum atomic E-state index is 12.5. The van der Waals surface area contributed by atoms with E-state index in [4.69, 9.17) is 9.15 Å². The van der Waals surface area contributed by atoms with Crippen molar-refractivity contribution in [2.45, 2.75) is 27.2 Å². The zero-order valence-corrected chi connectivity index (χ0v) is 16.5. The average molecular weight is 390 g/mol. The highest BCUT2D eigenvalue weighted by Gasteiger charge is 2.22. The van der Waals surface area contributed by atoms with Gasteiger partial charge in [0.15, 0.2) is 0 Å². The van der Waals surface area contributed by atoms with Gasteiger partial charge < -0.3 is 14.5 Å². The van der Waals surface area contributed by atoms with Crippen LogP contribution in [0.3, 0.4) is 0 Å². The minimum atomic E-state index is -0.459. The monoisotopic (exact) mass is 390 g/mol. The van der Waals surface area contributed by atoms with E-state index in [9.17, 15) is 9.59 Å². The van der Waals surface area contributed by atoms with Crippen molar-refractivity contribution in [3.63, 3.8) is 0 Å². The van der Waals surface area contributed by atoms with Gasteiger partial charge in [0, 0.05) is 4.88 Å². The van der Waals surface area contributed by atoms with Gasteiger partial charge in [-0.05, 0) is 37.8 Å². The summed E-state index contributed by atoms with van der Waals surface area (Å²) in [5.41, 5.74) is 1.80. The van der Waals surface area contributed by atoms with Gasteiger partial charge in [0.25, 0.3) is 0 Å². The number of carbonyl (C=O) groups is 2. The standard InChI is InChI=1S/C18H18N2O4S2/c1-9-11(3)26-17(15(9)18(22)23-4)20-14(21)8-12-10(2)24-16(19-12)13-6-5-7-25-13/h5-7H,8H2,1-4H3,(H,20,21). The van der Waals surface area contributed by atoms with E-state index >= 15 is 0 Å². The van der Waals surface area contributed by atoms with Crippen LogP contribution in [0.4, 0.5) is 5.00 Å². The number of nitrogens with one attached hydrogen (secondary N) is 1. The smallest absolute Gasteiger partial charge is 0.341 e. The molecule has 0 aliphatic rings. The van der Waals surface area contributed by atoms with Gasteiger partial charge in [-0.1, -0.05) is 6.07 Å². The van der Waals surface area contributed by atoms with Crippen molar-refractivity contribution in [2.75, 3.05) is 12.4 Å². The lowest BCUT2D eigenvalue weighted by Crippen LogP contribution is -2.16. The number of amides is 1. The van der Waals surface area contributed by atoms with Gasteiger partial charge in [0.1, 0.15) is 10.8 Å². The Kier molecular flexibility index (Phi) is 5.24. The molecular weight excluding hydrogens is 372 g/mol. The molecule has 26 heavy (non-hydrogen) atoms. The predicted octanol–water partition coefficient (Wildman–Crippen LogP) is 4.36. The Morgan fingerprint density at radius 3 is 2.73 bits per heavy atom. The van der Waals surface area contributed by atoms with Crippen LogP contribution in [0.5, 0.6) is 0 Å². The number of rotatable bonds is 5. The third-order valence-electron chi connectivity index (χ3n) is 3.98. The molecule has 8 heteroatoms. The first-order valence-electron chi connectivity index (χ1n) is 7.89. The lowest BCUT2D eigenvalue weighted by atomic mass is 10.1. The number of hydrogen-bond acceptors (Lipinski definition) is 7. The minimum absolute atomic E-state index is 0.0668. The van der Waals surface area contributed by atoms with E-state index in [0.29, 0.717) is 27.9 Å². The Bertz CT molecular complexity index is 954. The molecule has 0 aliphatic heterocycles. The van der Waals surface area contributed by atoms with Crippen molar-refractivity contribution >= 4 is 39.6 Å². The lowest BCUT2D eigenvalue weighted by Gasteiger charge is -2.05. The van der Waals surface area contributed by atoms with Gasteiger partial charge >= 0.3 is 5.97 Å². The number of methoxy groups -OCH3 is 1. The molecular formula is C18H18N2O4S2. The van der Waals surface area contributed by atoms with Gasteiger partial charge in [-0.3, -0.25) is 4.79 Å². The van der Waals surface area contributed by atoms with Crippen LogP contribution in [0.1, 0.15) is 32.3 Å². The summed E-state index contributed by atoms with van der Waals surface area (Å²) in [6, 6.07) is 3.83. The number of anilines is 1. The Labute approximate surface area is 158 Å². The van der Waals surface area contributed by atoms with Crippen LogP contribution in [0.2, 0.25) is 0 Å². The second kappa shape index (κ2) is 7.43. The van der Waals surface area contributed by atoms with Gasteiger partial charge in [-0.15, -0.1) is 22.7 Å². The molecule has 3 aromatic rings. The molecule has 0 atom stereocenters. The van der Waals surface area contributed by atoms with Crippen LogP contribution in [0, 0.1) is 20.8 Å². The molecule has 136 valence electrons.